The number of hydrogen-bond donors (Lipinski definition) is 1. The number of rotatable bonds is 8. The standard InChI is InChI=1S/C18H32O3/c1-7-8-14(19)11-16-13(4)9-10-15(12(2)3)17(16)18(20-5)21-6/h7,9,12,14-19H,1,8,10-11H2,2-6H3/t14?,15-,16+,17-/m1/s1. The summed E-state index contributed by atoms with van der Waals surface area (Å²) in [6.07, 6.45) is 5.98. The minimum absolute atomic E-state index is 0.220. The van der Waals surface area contributed by atoms with Crippen LogP contribution in [0, 0.1) is 23.7 Å². The average Bonchev–Trinajstić information content (AvgIpc) is 2.43. The number of allylic oxidation sites excluding steroid dienone is 2. The second-order valence-corrected chi connectivity index (χ2v) is 6.53. The maximum absolute atomic E-state index is 10.2. The highest BCUT2D eigenvalue weighted by molar-refractivity contribution is 5.13. The van der Waals surface area contributed by atoms with Crippen molar-refractivity contribution in [3.63, 3.8) is 0 Å². The normalized spacial score (nSPS) is 27.8. The van der Waals surface area contributed by atoms with Gasteiger partial charge in [-0.1, -0.05) is 31.6 Å². The largest absolute Gasteiger partial charge is 0.393 e. The molecule has 0 bridgehead atoms. The molecule has 1 rings (SSSR count). The number of methoxy groups -OCH3 is 2. The van der Waals surface area contributed by atoms with Crippen LogP contribution >= 0.6 is 0 Å². The first-order chi connectivity index (χ1) is 9.96. The number of aliphatic hydroxyl groups excluding tert-OH is 1. The molecule has 1 N–H and O–H groups in total. The van der Waals surface area contributed by atoms with Crippen molar-refractivity contribution in [3.8, 4) is 0 Å². The molecule has 1 aliphatic rings. The Bertz CT molecular complexity index is 344. The predicted octanol–water partition coefficient (Wildman–Crippen LogP) is 3.79. The van der Waals surface area contributed by atoms with Crippen molar-refractivity contribution in [3.05, 3.63) is 24.3 Å². The molecule has 0 fully saturated rings. The summed E-state index contributed by atoms with van der Waals surface area (Å²) in [5, 5.41) is 10.2. The van der Waals surface area contributed by atoms with Crippen LogP contribution in [0.2, 0.25) is 0 Å². The van der Waals surface area contributed by atoms with Crippen molar-refractivity contribution in [2.75, 3.05) is 14.2 Å². The van der Waals surface area contributed by atoms with Gasteiger partial charge in [0.15, 0.2) is 6.29 Å². The lowest BCUT2D eigenvalue weighted by Crippen LogP contribution is -2.42. The van der Waals surface area contributed by atoms with Crippen LogP contribution in [-0.2, 0) is 9.47 Å². The lowest BCUT2D eigenvalue weighted by Gasteiger charge is -2.43. The van der Waals surface area contributed by atoms with Gasteiger partial charge in [0, 0.05) is 20.1 Å². The summed E-state index contributed by atoms with van der Waals surface area (Å²) >= 11 is 0. The van der Waals surface area contributed by atoms with E-state index in [0.29, 0.717) is 24.2 Å². The third-order valence-electron chi connectivity index (χ3n) is 4.86. The minimum Gasteiger partial charge on any atom is -0.393 e. The Balaban J connectivity index is 3.03. The van der Waals surface area contributed by atoms with Gasteiger partial charge in [0.2, 0.25) is 0 Å². The van der Waals surface area contributed by atoms with Gasteiger partial charge in [-0.05, 0) is 43.9 Å². The van der Waals surface area contributed by atoms with E-state index in [2.05, 4.69) is 33.4 Å². The van der Waals surface area contributed by atoms with Gasteiger partial charge in [-0.15, -0.1) is 6.58 Å². The molecule has 0 heterocycles. The highest BCUT2D eigenvalue weighted by Crippen LogP contribution is 2.43. The van der Waals surface area contributed by atoms with Crippen molar-refractivity contribution >= 4 is 0 Å². The molecule has 3 nitrogen and oxygen atoms in total. The van der Waals surface area contributed by atoms with Crippen molar-refractivity contribution in [1.29, 1.82) is 0 Å². The molecule has 21 heavy (non-hydrogen) atoms. The van der Waals surface area contributed by atoms with Gasteiger partial charge in [0.05, 0.1) is 6.10 Å². The van der Waals surface area contributed by atoms with Gasteiger partial charge >= 0.3 is 0 Å². The lowest BCUT2D eigenvalue weighted by molar-refractivity contribution is -0.168. The fourth-order valence-electron chi connectivity index (χ4n) is 3.68. The Morgan fingerprint density at radius 3 is 2.48 bits per heavy atom. The van der Waals surface area contributed by atoms with E-state index in [1.165, 1.54) is 5.57 Å². The van der Waals surface area contributed by atoms with Crippen LogP contribution in [0.5, 0.6) is 0 Å². The van der Waals surface area contributed by atoms with Gasteiger partial charge < -0.3 is 14.6 Å². The van der Waals surface area contributed by atoms with Gasteiger partial charge in [-0.25, -0.2) is 0 Å². The quantitative estimate of drug-likeness (QED) is 0.547. The SMILES string of the molecule is C=CCC(O)C[C@H]1C(C)=CC[C@H](C(C)C)[C@H]1C(OC)OC. The molecule has 1 unspecified atom stereocenters. The van der Waals surface area contributed by atoms with Gasteiger partial charge in [-0.2, -0.15) is 0 Å². The molecule has 0 amide bonds. The molecule has 0 saturated heterocycles. The van der Waals surface area contributed by atoms with Crippen LogP contribution in [0.1, 0.15) is 40.0 Å². The highest BCUT2D eigenvalue weighted by atomic mass is 16.7. The number of ether oxygens (including phenoxy) is 2. The van der Waals surface area contributed by atoms with E-state index in [1.54, 1.807) is 20.3 Å². The zero-order valence-corrected chi connectivity index (χ0v) is 14.2. The van der Waals surface area contributed by atoms with Crippen molar-refractivity contribution in [2.24, 2.45) is 23.7 Å². The van der Waals surface area contributed by atoms with Gasteiger partial charge in [0.25, 0.3) is 0 Å². The third kappa shape index (κ3) is 4.67. The summed E-state index contributed by atoms with van der Waals surface area (Å²) in [5.74, 6) is 1.65. The predicted molar refractivity (Wildman–Crippen MR) is 86.9 cm³/mol. The fourth-order valence-corrected chi connectivity index (χ4v) is 3.68. The van der Waals surface area contributed by atoms with Crippen LogP contribution in [0.25, 0.3) is 0 Å². The molecule has 1 aliphatic carbocycles. The average molecular weight is 296 g/mol. The van der Waals surface area contributed by atoms with Crippen molar-refractivity contribution < 1.29 is 14.6 Å². The minimum atomic E-state index is -0.348. The molecule has 0 aromatic carbocycles. The molecule has 0 aliphatic heterocycles. The summed E-state index contributed by atoms with van der Waals surface area (Å²) in [7, 11) is 3.41. The maximum Gasteiger partial charge on any atom is 0.160 e. The zero-order valence-electron chi connectivity index (χ0n) is 14.2. The Morgan fingerprint density at radius 1 is 1.38 bits per heavy atom. The Kier molecular flexibility index (Phi) is 7.64. The molecule has 0 spiro atoms. The van der Waals surface area contributed by atoms with E-state index in [1.807, 2.05) is 0 Å². The van der Waals surface area contributed by atoms with E-state index < -0.39 is 0 Å². The molecule has 4 atom stereocenters. The van der Waals surface area contributed by atoms with Crippen LogP contribution in [0.15, 0.2) is 24.3 Å². The molecule has 0 radical (unpaired) electrons. The zero-order chi connectivity index (χ0) is 16.0. The second kappa shape index (κ2) is 8.72. The Labute approximate surface area is 130 Å². The molecule has 0 aromatic rings. The Morgan fingerprint density at radius 2 is 2.00 bits per heavy atom. The van der Waals surface area contributed by atoms with Crippen LogP contribution in [-0.4, -0.2) is 31.7 Å². The first-order valence-corrected chi connectivity index (χ1v) is 7.97. The third-order valence-corrected chi connectivity index (χ3v) is 4.86. The van der Waals surface area contributed by atoms with Gasteiger partial charge in [-0.3, -0.25) is 0 Å². The van der Waals surface area contributed by atoms with E-state index in [-0.39, 0.29) is 18.3 Å². The molecule has 0 saturated carbocycles. The topological polar surface area (TPSA) is 38.7 Å². The molecule has 122 valence electrons. The molecular formula is C18H32O3. The first kappa shape index (κ1) is 18.4. The highest BCUT2D eigenvalue weighted by Gasteiger charge is 2.41. The maximum atomic E-state index is 10.2. The van der Waals surface area contributed by atoms with Crippen LogP contribution < -0.4 is 0 Å². The summed E-state index contributed by atoms with van der Waals surface area (Å²) in [6, 6.07) is 0. The van der Waals surface area contributed by atoms with E-state index in [9.17, 15) is 5.11 Å². The summed E-state index contributed by atoms with van der Waals surface area (Å²) in [4.78, 5) is 0. The van der Waals surface area contributed by atoms with E-state index in [4.69, 9.17) is 9.47 Å². The van der Waals surface area contributed by atoms with Crippen molar-refractivity contribution in [1.82, 2.24) is 0 Å². The number of hydrogen-bond acceptors (Lipinski definition) is 3. The number of aliphatic hydroxyl groups is 1. The van der Waals surface area contributed by atoms with Crippen LogP contribution in [0.3, 0.4) is 0 Å². The molecule has 0 aromatic heterocycles. The smallest absolute Gasteiger partial charge is 0.160 e. The Hall–Kier alpha value is -0.640. The first-order valence-electron chi connectivity index (χ1n) is 7.97. The summed E-state index contributed by atoms with van der Waals surface area (Å²) in [5.41, 5.74) is 1.35. The lowest BCUT2D eigenvalue weighted by atomic mass is 9.66. The van der Waals surface area contributed by atoms with Crippen molar-refractivity contribution in [2.45, 2.75) is 52.4 Å². The second-order valence-electron chi connectivity index (χ2n) is 6.53. The van der Waals surface area contributed by atoms with E-state index >= 15 is 0 Å². The fraction of sp³-hybridized carbons (Fsp3) is 0.778. The molecule has 3 heteroatoms. The van der Waals surface area contributed by atoms with Gasteiger partial charge in [0.1, 0.15) is 0 Å². The monoisotopic (exact) mass is 296 g/mol. The summed E-state index contributed by atoms with van der Waals surface area (Å²) < 4.78 is 11.2. The van der Waals surface area contributed by atoms with Crippen LogP contribution in [0.4, 0.5) is 0 Å². The summed E-state index contributed by atoms with van der Waals surface area (Å²) in [6.45, 7) is 10.4. The molecular weight excluding hydrogens is 264 g/mol. The van der Waals surface area contributed by atoms with E-state index in [0.717, 1.165) is 12.8 Å².